The lowest BCUT2D eigenvalue weighted by Gasteiger charge is -2.18. The molecular weight excluding hydrogens is 221 g/mol. The van der Waals surface area contributed by atoms with Crippen molar-refractivity contribution in [3.63, 3.8) is 0 Å². The summed E-state index contributed by atoms with van der Waals surface area (Å²) in [4.78, 5) is 13.2. The number of nitrogens with zero attached hydrogens (tertiary/aromatic N) is 2. The normalized spacial score (nSPS) is 11.9. The van der Waals surface area contributed by atoms with E-state index in [-0.39, 0.29) is 24.3 Å². The second kappa shape index (κ2) is 5.97. The van der Waals surface area contributed by atoms with Gasteiger partial charge in [-0.15, -0.1) is 0 Å². The maximum atomic E-state index is 12.6. The average Bonchev–Trinajstić information content (AvgIpc) is 2.30. The fourth-order valence-corrected chi connectivity index (χ4v) is 1.20. The van der Waals surface area contributed by atoms with Gasteiger partial charge in [-0.2, -0.15) is 5.26 Å². The average molecular weight is 235 g/mol. The number of carbonyl (C=O) groups is 1. The predicted molar refractivity (Wildman–Crippen MR) is 62.7 cm³/mol. The summed E-state index contributed by atoms with van der Waals surface area (Å²) in [5.41, 5.74) is 0.536. The Labute approximate surface area is 99.7 Å². The van der Waals surface area contributed by atoms with Crippen LogP contribution in [0.1, 0.15) is 6.92 Å². The van der Waals surface area contributed by atoms with Gasteiger partial charge in [0.2, 0.25) is 5.91 Å². The van der Waals surface area contributed by atoms with Crippen LogP contribution < -0.4 is 5.32 Å². The highest BCUT2D eigenvalue weighted by Gasteiger charge is 2.12. The number of likely N-dealkylation sites (N-methyl/N-ethyl adjacent to an activating group) is 1. The van der Waals surface area contributed by atoms with Crippen molar-refractivity contribution in [2.24, 2.45) is 0 Å². The van der Waals surface area contributed by atoms with Gasteiger partial charge in [-0.1, -0.05) is 0 Å². The van der Waals surface area contributed by atoms with Crippen LogP contribution in [0.3, 0.4) is 0 Å². The molecule has 0 fully saturated rings. The van der Waals surface area contributed by atoms with Gasteiger partial charge in [-0.25, -0.2) is 4.39 Å². The standard InChI is InChI=1S/C12H14FN3O/c1-9(7-14)16(2)8-12(17)15-11-5-3-10(13)4-6-11/h3-6,9H,8H2,1-2H3,(H,15,17)/t9-/m0/s1. The van der Waals surface area contributed by atoms with Crippen LogP contribution in [0.5, 0.6) is 0 Å². The Kier molecular flexibility index (Phi) is 4.61. The summed E-state index contributed by atoms with van der Waals surface area (Å²) in [5, 5.41) is 11.3. The molecule has 1 N–H and O–H groups in total. The Morgan fingerprint density at radius 2 is 2.12 bits per heavy atom. The highest BCUT2D eigenvalue weighted by molar-refractivity contribution is 5.92. The maximum absolute atomic E-state index is 12.6. The number of halogens is 1. The quantitative estimate of drug-likeness (QED) is 0.862. The van der Waals surface area contributed by atoms with Gasteiger partial charge in [0.25, 0.3) is 0 Å². The molecule has 0 saturated carbocycles. The monoisotopic (exact) mass is 235 g/mol. The highest BCUT2D eigenvalue weighted by Crippen LogP contribution is 2.08. The van der Waals surface area contributed by atoms with Crippen molar-refractivity contribution in [1.82, 2.24) is 4.90 Å². The maximum Gasteiger partial charge on any atom is 0.238 e. The molecule has 0 bridgehead atoms. The molecule has 5 heteroatoms. The number of nitriles is 1. The molecule has 0 unspecified atom stereocenters. The number of anilines is 1. The summed E-state index contributed by atoms with van der Waals surface area (Å²) in [6.07, 6.45) is 0. The largest absolute Gasteiger partial charge is 0.325 e. The van der Waals surface area contributed by atoms with E-state index in [1.165, 1.54) is 24.3 Å². The van der Waals surface area contributed by atoms with Crippen LogP contribution in [0.15, 0.2) is 24.3 Å². The van der Waals surface area contributed by atoms with Crippen LogP contribution in [0, 0.1) is 17.1 Å². The molecule has 0 aliphatic rings. The van der Waals surface area contributed by atoms with Gasteiger partial charge in [0.1, 0.15) is 5.82 Å². The van der Waals surface area contributed by atoms with Gasteiger partial charge in [0.05, 0.1) is 18.7 Å². The smallest absolute Gasteiger partial charge is 0.238 e. The molecule has 0 aliphatic carbocycles. The van der Waals surface area contributed by atoms with Crippen molar-refractivity contribution in [2.75, 3.05) is 18.9 Å². The number of hydrogen-bond donors (Lipinski definition) is 1. The molecule has 0 spiro atoms. The molecule has 1 aromatic rings. The molecule has 0 radical (unpaired) electrons. The molecule has 4 nitrogen and oxygen atoms in total. The summed E-state index contributed by atoms with van der Waals surface area (Å²) < 4.78 is 12.6. The topological polar surface area (TPSA) is 56.1 Å². The van der Waals surface area contributed by atoms with Gasteiger partial charge in [-0.05, 0) is 38.2 Å². The summed E-state index contributed by atoms with van der Waals surface area (Å²) in [6, 6.07) is 7.24. The minimum atomic E-state index is -0.349. The lowest BCUT2D eigenvalue weighted by molar-refractivity contribution is -0.117. The molecule has 0 saturated heterocycles. The highest BCUT2D eigenvalue weighted by atomic mass is 19.1. The lowest BCUT2D eigenvalue weighted by Crippen LogP contribution is -2.35. The van der Waals surface area contributed by atoms with Crippen LogP contribution in [-0.4, -0.2) is 30.4 Å². The predicted octanol–water partition coefficient (Wildman–Crippen LogP) is 1.61. The molecule has 0 aromatic heterocycles. The molecule has 17 heavy (non-hydrogen) atoms. The Hall–Kier alpha value is -1.93. The number of carbonyl (C=O) groups excluding carboxylic acids is 1. The van der Waals surface area contributed by atoms with Gasteiger partial charge in [-0.3, -0.25) is 9.69 Å². The van der Waals surface area contributed by atoms with Crippen LogP contribution in [0.4, 0.5) is 10.1 Å². The van der Waals surface area contributed by atoms with Gasteiger partial charge in [0.15, 0.2) is 0 Å². The molecule has 1 aromatic carbocycles. The molecular formula is C12H14FN3O. The van der Waals surface area contributed by atoms with Crippen LogP contribution in [0.2, 0.25) is 0 Å². The van der Waals surface area contributed by atoms with E-state index in [1.54, 1.807) is 18.9 Å². The number of rotatable bonds is 4. The fourth-order valence-electron chi connectivity index (χ4n) is 1.20. The van der Waals surface area contributed by atoms with Crippen LogP contribution in [-0.2, 0) is 4.79 Å². The van der Waals surface area contributed by atoms with E-state index in [0.29, 0.717) is 5.69 Å². The summed E-state index contributed by atoms with van der Waals surface area (Å²) >= 11 is 0. The number of nitrogens with one attached hydrogen (secondary N) is 1. The first-order valence-electron chi connectivity index (χ1n) is 5.18. The summed E-state index contributed by atoms with van der Waals surface area (Å²) in [5.74, 6) is -0.584. The lowest BCUT2D eigenvalue weighted by atomic mass is 10.3. The zero-order chi connectivity index (χ0) is 12.8. The SMILES string of the molecule is C[C@@H](C#N)N(C)CC(=O)Nc1ccc(F)cc1. The first-order valence-corrected chi connectivity index (χ1v) is 5.18. The third kappa shape index (κ3) is 4.21. The van der Waals surface area contributed by atoms with E-state index >= 15 is 0 Å². The van der Waals surface area contributed by atoms with E-state index in [2.05, 4.69) is 5.32 Å². The van der Waals surface area contributed by atoms with Crippen LogP contribution in [0.25, 0.3) is 0 Å². The third-order valence-electron chi connectivity index (χ3n) is 2.37. The van der Waals surface area contributed by atoms with Gasteiger partial charge < -0.3 is 5.32 Å². The first kappa shape index (κ1) is 13.1. The molecule has 90 valence electrons. The Morgan fingerprint density at radius 1 is 1.53 bits per heavy atom. The second-order valence-electron chi connectivity index (χ2n) is 3.78. The number of hydrogen-bond acceptors (Lipinski definition) is 3. The van der Waals surface area contributed by atoms with E-state index in [0.717, 1.165) is 0 Å². The Bertz CT molecular complexity index is 424. The molecule has 1 amide bonds. The van der Waals surface area contributed by atoms with Crippen molar-refractivity contribution in [1.29, 1.82) is 5.26 Å². The zero-order valence-corrected chi connectivity index (χ0v) is 9.77. The number of benzene rings is 1. The van der Waals surface area contributed by atoms with E-state index in [9.17, 15) is 9.18 Å². The van der Waals surface area contributed by atoms with Crippen molar-refractivity contribution in [3.05, 3.63) is 30.1 Å². The summed E-state index contributed by atoms with van der Waals surface area (Å²) in [6.45, 7) is 1.83. The first-order chi connectivity index (χ1) is 8.02. The van der Waals surface area contributed by atoms with Crippen LogP contribution >= 0.6 is 0 Å². The second-order valence-corrected chi connectivity index (χ2v) is 3.78. The third-order valence-corrected chi connectivity index (χ3v) is 2.37. The van der Waals surface area contributed by atoms with Crippen molar-refractivity contribution in [2.45, 2.75) is 13.0 Å². The number of amides is 1. The summed E-state index contributed by atoms with van der Waals surface area (Å²) in [7, 11) is 1.69. The fraction of sp³-hybridized carbons (Fsp3) is 0.333. The zero-order valence-electron chi connectivity index (χ0n) is 9.77. The molecule has 1 rings (SSSR count). The van der Waals surface area contributed by atoms with E-state index in [4.69, 9.17) is 5.26 Å². The Balaban J connectivity index is 2.50. The van der Waals surface area contributed by atoms with Crippen molar-refractivity contribution in [3.8, 4) is 6.07 Å². The van der Waals surface area contributed by atoms with Gasteiger partial charge in [0, 0.05) is 5.69 Å². The van der Waals surface area contributed by atoms with E-state index in [1.807, 2.05) is 6.07 Å². The minimum Gasteiger partial charge on any atom is -0.325 e. The molecule has 0 heterocycles. The minimum absolute atomic E-state index is 0.117. The van der Waals surface area contributed by atoms with E-state index < -0.39 is 0 Å². The van der Waals surface area contributed by atoms with Crippen molar-refractivity contribution >= 4 is 11.6 Å². The van der Waals surface area contributed by atoms with Gasteiger partial charge >= 0.3 is 0 Å². The molecule has 1 atom stereocenters. The molecule has 0 aliphatic heterocycles. The Morgan fingerprint density at radius 3 is 2.65 bits per heavy atom. The van der Waals surface area contributed by atoms with Crippen molar-refractivity contribution < 1.29 is 9.18 Å².